The molecule has 1 aliphatic heterocycles. The van der Waals surface area contributed by atoms with Gasteiger partial charge in [-0.15, -0.1) is 0 Å². The Hall–Kier alpha value is -2.14. The molecule has 0 spiro atoms. The average molecular weight is 315 g/mol. The van der Waals surface area contributed by atoms with E-state index < -0.39 is 0 Å². The van der Waals surface area contributed by atoms with Crippen molar-refractivity contribution in [3.63, 3.8) is 0 Å². The Kier molecular flexibility index (Phi) is 5.93. The third kappa shape index (κ3) is 4.93. The van der Waals surface area contributed by atoms with Crippen LogP contribution >= 0.6 is 0 Å². The summed E-state index contributed by atoms with van der Waals surface area (Å²) in [5.41, 5.74) is 2.27. The van der Waals surface area contributed by atoms with Gasteiger partial charge in [-0.05, 0) is 18.2 Å². The highest BCUT2D eigenvalue weighted by molar-refractivity contribution is 6.04. The van der Waals surface area contributed by atoms with Crippen LogP contribution in [0.5, 0.6) is 0 Å². The first-order chi connectivity index (χ1) is 11.0. The third-order valence-corrected chi connectivity index (χ3v) is 3.84. The number of carbonyl (C=O) groups is 2. The van der Waals surface area contributed by atoms with Crippen molar-refractivity contribution in [1.29, 1.82) is 0 Å². The first-order valence-corrected chi connectivity index (χ1v) is 8.06. The first kappa shape index (κ1) is 17.2. The molecule has 5 nitrogen and oxygen atoms in total. The van der Waals surface area contributed by atoms with Crippen LogP contribution in [0.15, 0.2) is 36.0 Å². The predicted octanol–water partition coefficient (Wildman–Crippen LogP) is 2.21. The van der Waals surface area contributed by atoms with Gasteiger partial charge in [0, 0.05) is 56.5 Å². The van der Waals surface area contributed by atoms with Crippen molar-refractivity contribution in [1.82, 2.24) is 5.32 Å². The van der Waals surface area contributed by atoms with Crippen molar-refractivity contribution in [2.75, 3.05) is 36.4 Å². The van der Waals surface area contributed by atoms with E-state index in [4.69, 9.17) is 0 Å². The lowest BCUT2D eigenvalue weighted by molar-refractivity contribution is -0.118. The summed E-state index contributed by atoms with van der Waals surface area (Å²) in [6, 6.07) is 7.94. The molecule has 1 aromatic rings. The van der Waals surface area contributed by atoms with Gasteiger partial charge < -0.3 is 15.5 Å². The molecule has 1 aliphatic rings. The van der Waals surface area contributed by atoms with E-state index in [9.17, 15) is 9.59 Å². The van der Waals surface area contributed by atoms with Crippen LogP contribution in [0.25, 0.3) is 0 Å². The number of nitrogens with one attached hydrogen (secondary N) is 2. The van der Waals surface area contributed by atoms with Gasteiger partial charge >= 0.3 is 0 Å². The van der Waals surface area contributed by atoms with Gasteiger partial charge in [0.15, 0.2) is 11.6 Å². The maximum absolute atomic E-state index is 11.9. The summed E-state index contributed by atoms with van der Waals surface area (Å²) >= 11 is 0. The highest BCUT2D eigenvalue weighted by Crippen LogP contribution is 2.21. The Morgan fingerprint density at radius 1 is 1.26 bits per heavy atom. The SMILES string of the molecule is CC(=O)/C(=C\C(=O)C(C)C)Nc1cccc(N2CCNCC2)c1. The number of ketones is 2. The van der Waals surface area contributed by atoms with E-state index in [0.29, 0.717) is 5.70 Å². The molecule has 0 unspecified atom stereocenters. The van der Waals surface area contributed by atoms with Gasteiger partial charge in [-0.25, -0.2) is 0 Å². The molecule has 2 rings (SSSR count). The fraction of sp³-hybridized carbons (Fsp3) is 0.444. The number of Topliss-reactive ketones (excluding diaryl/α,β-unsaturated/α-hetero) is 1. The normalized spacial score (nSPS) is 15.7. The fourth-order valence-electron chi connectivity index (χ4n) is 2.39. The van der Waals surface area contributed by atoms with Gasteiger partial charge in [0.2, 0.25) is 0 Å². The van der Waals surface area contributed by atoms with Crippen molar-refractivity contribution in [2.45, 2.75) is 20.8 Å². The Morgan fingerprint density at radius 3 is 2.57 bits per heavy atom. The molecular formula is C18H25N3O2. The minimum atomic E-state index is -0.147. The van der Waals surface area contributed by atoms with E-state index in [1.807, 2.05) is 32.0 Å². The van der Waals surface area contributed by atoms with Crippen LogP contribution in [0.2, 0.25) is 0 Å². The number of anilines is 2. The monoisotopic (exact) mass is 315 g/mol. The standard InChI is InChI=1S/C18H25N3O2/c1-13(2)18(23)12-17(14(3)22)20-15-5-4-6-16(11-15)21-9-7-19-8-10-21/h4-6,11-13,19-20H,7-10H2,1-3H3/b17-12+. The van der Waals surface area contributed by atoms with Crippen molar-refractivity contribution in [3.8, 4) is 0 Å². The second-order valence-corrected chi connectivity index (χ2v) is 6.08. The minimum Gasteiger partial charge on any atom is -0.369 e. The number of piperazine rings is 1. The number of hydrogen-bond acceptors (Lipinski definition) is 5. The molecule has 0 atom stereocenters. The summed E-state index contributed by atoms with van der Waals surface area (Å²) in [5, 5.41) is 6.42. The van der Waals surface area contributed by atoms with E-state index in [1.165, 1.54) is 13.0 Å². The van der Waals surface area contributed by atoms with Crippen LogP contribution in [0.3, 0.4) is 0 Å². The fourth-order valence-corrected chi connectivity index (χ4v) is 2.39. The summed E-state index contributed by atoms with van der Waals surface area (Å²) in [4.78, 5) is 26.0. The van der Waals surface area contributed by atoms with Gasteiger partial charge in [-0.1, -0.05) is 19.9 Å². The number of carbonyl (C=O) groups excluding carboxylic acids is 2. The molecule has 0 aliphatic carbocycles. The molecule has 5 heteroatoms. The van der Waals surface area contributed by atoms with E-state index >= 15 is 0 Å². The summed E-state index contributed by atoms with van der Waals surface area (Å²) in [5.74, 6) is -0.328. The number of nitrogens with zero attached hydrogens (tertiary/aromatic N) is 1. The molecule has 1 heterocycles. The van der Waals surface area contributed by atoms with Gasteiger partial charge in [0.05, 0.1) is 5.70 Å². The predicted molar refractivity (Wildman–Crippen MR) is 93.8 cm³/mol. The average Bonchev–Trinajstić information content (AvgIpc) is 2.55. The number of rotatable bonds is 6. The van der Waals surface area contributed by atoms with Crippen LogP contribution in [0.4, 0.5) is 11.4 Å². The Labute approximate surface area is 137 Å². The van der Waals surface area contributed by atoms with Gasteiger partial charge in [0.1, 0.15) is 0 Å². The molecule has 0 saturated carbocycles. The zero-order chi connectivity index (χ0) is 16.8. The number of hydrogen-bond donors (Lipinski definition) is 2. The van der Waals surface area contributed by atoms with E-state index in [2.05, 4.69) is 21.6 Å². The van der Waals surface area contributed by atoms with E-state index in [-0.39, 0.29) is 17.5 Å². The van der Waals surface area contributed by atoms with Crippen LogP contribution in [-0.4, -0.2) is 37.7 Å². The third-order valence-electron chi connectivity index (χ3n) is 3.84. The molecular weight excluding hydrogens is 290 g/mol. The summed E-state index contributed by atoms with van der Waals surface area (Å²) in [6.07, 6.45) is 1.41. The molecule has 0 bridgehead atoms. The smallest absolute Gasteiger partial charge is 0.176 e. The van der Waals surface area contributed by atoms with Crippen LogP contribution < -0.4 is 15.5 Å². The lowest BCUT2D eigenvalue weighted by Crippen LogP contribution is -2.43. The van der Waals surface area contributed by atoms with Gasteiger partial charge in [-0.2, -0.15) is 0 Å². The summed E-state index contributed by atoms with van der Waals surface area (Å²) < 4.78 is 0. The zero-order valence-electron chi connectivity index (χ0n) is 14.1. The van der Waals surface area contributed by atoms with Gasteiger partial charge in [-0.3, -0.25) is 9.59 Å². The molecule has 0 amide bonds. The highest BCUT2D eigenvalue weighted by Gasteiger charge is 2.13. The van der Waals surface area contributed by atoms with Crippen LogP contribution in [0.1, 0.15) is 20.8 Å². The van der Waals surface area contributed by atoms with Crippen molar-refractivity contribution in [3.05, 3.63) is 36.0 Å². The maximum atomic E-state index is 11.9. The topological polar surface area (TPSA) is 61.4 Å². The Balaban J connectivity index is 2.17. The lowest BCUT2D eigenvalue weighted by atomic mass is 10.1. The van der Waals surface area contributed by atoms with E-state index in [0.717, 1.165) is 37.6 Å². The second kappa shape index (κ2) is 7.92. The maximum Gasteiger partial charge on any atom is 0.176 e. The summed E-state index contributed by atoms with van der Waals surface area (Å²) in [6.45, 7) is 8.98. The first-order valence-electron chi connectivity index (χ1n) is 8.06. The van der Waals surface area contributed by atoms with Crippen LogP contribution in [-0.2, 0) is 9.59 Å². The van der Waals surface area contributed by atoms with Crippen LogP contribution in [0, 0.1) is 5.92 Å². The largest absolute Gasteiger partial charge is 0.369 e. The number of allylic oxidation sites excluding steroid dienone is 2. The Morgan fingerprint density at radius 2 is 1.96 bits per heavy atom. The van der Waals surface area contributed by atoms with Crippen molar-refractivity contribution >= 4 is 22.9 Å². The molecule has 0 aromatic heterocycles. The van der Waals surface area contributed by atoms with Crippen molar-refractivity contribution in [2.24, 2.45) is 5.92 Å². The lowest BCUT2D eigenvalue weighted by Gasteiger charge is -2.29. The summed E-state index contributed by atoms with van der Waals surface area (Å²) in [7, 11) is 0. The molecule has 23 heavy (non-hydrogen) atoms. The molecule has 0 radical (unpaired) electrons. The molecule has 1 saturated heterocycles. The molecule has 1 aromatic carbocycles. The molecule has 2 N–H and O–H groups in total. The minimum absolute atomic E-state index is 0.0547. The van der Waals surface area contributed by atoms with Crippen molar-refractivity contribution < 1.29 is 9.59 Å². The molecule has 124 valence electrons. The zero-order valence-corrected chi connectivity index (χ0v) is 14.1. The second-order valence-electron chi connectivity index (χ2n) is 6.08. The van der Waals surface area contributed by atoms with Gasteiger partial charge in [0.25, 0.3) is 0 Å². The highest BCUT2D eigenvalue weighted by atomic mass is 16.1. The molecule has 1 fully saturated rings. The Bertz CT molecular complexity index is 602. The quantitative estimate of drug-likeness (QED) is 0.788. The van der Waals surface area contributed by atoms with E-state index in [1.54, 1.807) is 0 Å². The number of benzene rings is 1.